The molecule has 158 valence electrons. The standard InChI is InChI=1S/C20H23N5O4S/c1-14-11-20(25-7-9-28-10-8-25)24-19(22-14)12-21-30(26,27)17-5-3-16(4-6-17)18-13-29-15(2)23-18/h3-6,11,13,21H,7-10,12H2,1-2H3. The Morgan fingerprint density at radius 2 is 1.80 bits per heavy atom. The third-order valence-corrected chi connectivity index (χ3v) is 6.14. The quantitative estimate of drug-likeness (QED) is 0.634. The van der Waals surface area contributed by atoms with Crippen molar-refractivity contribution in [3.05, 3.63) is 54.0 Å². The van der Waals surface area contributed by atoms with Crippen LogP contribution in [0.5, 0.6) is 0 Å². The zero-order valence-corrected chi connectivity index (χ0v) is 17.6. The van der Waals surface area contributed by atoms with Crippen LogP contribution in [0, 0.1) is 13.8 Å². The first-order valence-electron chi connectivity index (χ1n) is 9.60. The highest BCUT2D eigenvalue weighted by molar-refractivity contribution is 7.89. The van der Waals surface area contributed by atoms with E-state index in [9.17, 15) is 8.42 Å². The summed E-state index contributed by atoms with van der Waals surface area (Å²) < 4.78 is 38.6. The molecule has 0 saturated carbocycles. The maximum Gasteiger partial charge on any atom is 0.240 e. The molecule has 1 aliphatic rings. The molecule has 30 heavy (non-hydrogen) atoms. The number of sulfonamides is 1. The van der Waals surface area contributed by atoms with Gasteiger partial charge < -0.3 is 14.1 Å². The maximum absolute atomic E-state index is 12.7. The van der Waals surface area contributed by atoms with Crippen LogP contribution in [0.4, 0.5) is 5.82 Å². The number of oxazole rings is 1. The monoisotopic (exact) mass is 429 g/mol. The highest BCUT2D eigenvalue weighted by Crippen LogP contribution is 2.21. The summed E-state index contributed by atoms with van der Waals surface area (Å²) in [5, 5.41) is 0. The van der Waals surface area contributed by atoms with Crippen molar-refractivity contribution in [2.75, 3.05) is 31.2 Å². The Morgan fingerprint density at radius 3 is 2.47 bits per heavy atom. The predicted molar refractivity (Wildman–Crippen MR) is 111 cm³/mol. The van der Waals surface area contributed by atoms with E-state index in [1.165, 1.54) is 18.4 Å². The second-order valence-electron chi connectivity index (χ2n) is 6.98. The number of nitrogens with zero attached hydrogens (tertiary/aromatic N) is 4. The van der Waals surface area contributed by atoms with Gasteiger partial charge in [0.1, 0.15) is 23.6 Å². The van der Waals surface area contributed by atoms with E-state index in [4.69, 9.17) is 9.15 Å². The van der Waals surface area contributed by atoms with Crippen molar-refractivity contribution in [2.45, 2.75) is 25.3 Å². The summed E-state index contributed by atoms with van der Waals surface area (Å²) in [6.07, 6.45) is 1.54. The van der Waals surface area contributed by atoms with Crippen LogP contribution in [0.2, 0.25) is 0 Å². The van der Waals surface area contributed by atoms with Gasteiger partial charge >= 0.3 is 0 Å². The number of aromatic nitrogens is 3. The fourth-order valence-corrected chi connectivity index (χ4v) is 4.17. The number of anilines is 1. The molecule has 3 heterocycles. The summed E-state index contributed by atoms with van der Waals surface area (Å²) in [7, 11) is -3.71. The van der Waals surface area contributed by atoms with E-state index in [-0.39, 0.29) is 11.4 Å². The predicted octanol–water partition coefficient (Wildman–Crippen LogP) is 2.06. The first kappa shape index (κ1) is 20.5. The van der Waals surface area contributed by atoms with Crippen molar-refractivity contribution in [1.82, 2.24) is 19.7 Å². The fraction of sp³-hybridized carbons (Fsp3) is 0.350. The minimum atomic E-state index is -3.71. The zero-order valence-electron chi connectivity index (χ0n) is 16.8. The number of ether oxygens (including phenoxy) is 1. The number of rotatable bonds is 6. The SMILES string of the molecule is Cc1cc(N2CCOCC2)nc(CNS(=O)(=O)c2ccc(-c3coc(C)n3)cc2)n1. The van der Waals surface area contributed by atoms with Crippen molar-refractivity contribution in [3.8, 4) is 11.3 Å². The van der Waals surface area contributed by atoms with Gasteiger partial charge in [-0.25, -0.2) is 28.1 Å². The number of hydrogen-bond donors (Lipinski definition) is 1. The third-order valence-electron chi connectivity index (χ3n) is 4.72. The van der Waals surface area contributed by atoms with E-state index in [0.717, 1.165) is 30.2 Å². The van der Waals surface area contributed by atoms with Crippen molar-refractivity contribution < 1.29 is 17.6 Å². The minimum Gasteiger partial charge on any atom is -0.449 e. The molecule has 0 spiro atoms. The summed E-state index contributed by atoms with van der Waals surface area (Å²) in [6, 6.07) is 8.38. The molecule has 0 amide bonds. The molecule has 0 aliphatic carbocycles. The normalized spacial score (nSPS) is 14.8. The fourth-order valence-electron chi connectivity index (χ4n) is 3.19. The molecular formula is C20H23N5O4S. The van der Waals surface area contributed by atoms with E-state index in [1.807, 2.05) is 13.0 Å². The van der Waals surface area contributed by atoms with Crippen LogP contribution < -0.4 is 9.62 Å². The van der Waals surface area contributed by atoms with Crippen LogP contribution in [0.1, 0.15) is 17.4 Å². The number of hydrogen-bond acceptors (Lipinski definition) is 8. The summed E-state index contributed by atoms with van der Waals surface area (Å²) in [4.78, 5) is 15.4. The van der Waals surface area contributed by atoms with Crippen LogP contribution in [0.25, 0.3) is 11.3 Å². The van der Waals surface area contributed by atoms with Gasteiger partial charge in [0.05, 0.1) is 24.7 Å². The van der Waals surface area contributed by atoms with Crippen LogP contribution in [0.15, 0.2) is 45.9 Å². The molecule has 1 N–H and O–H groups in total. The van der Waals surface area contributed by atoms with Gasteiger partial charge in [0.2, 0.25) is 10.0 Å². The van der Waals surface area contributed by atoms with Crippen molar-refractivity contribution >= 4 is 15.8 Å². The molecule has 10 heteroatoms. The smallest absolute Gasteiger partial charge is 0.240 e. The van der Waals surface area contributed by atoms with Gasteiger partial charge in [-0.2, -0.15) is 0 Å². The molecule has 0 radical (unpaired) electrons. The van der Waals surface area contributed by atoms with E-state index < -0.39 is 10.0 Å². The molecule has 9 nitrogen and oxygen atoms in total. The van der Waals surface area contributed by atoms with Gasteiger partial charge in [0.15, 0.2) is 5.89 Å². The van der Waals surface area contributed by atoms with Gasteiger partial charge in [-0.1, -0.05) is 12.1 Å². The lowest BCUT2D eigenvalue weighted by Crippen LogP contribution is -2.37. The van der Waals surface area contributed by atoms with Gasteiger partial charge in [-0.05, 0) is 19.1 Å². The molecule has 3 aromatic rings. The molecule has 1 fully saturated rings. The average Bonchev–Trinajstić information content (AvgIpc) is 3.19. The van der Waals surface area contributed by atoms with Crippen molar-refractivity contribution in [2.24, 2.45) is 0 Å². The molecule has 1 saturated heterocycles. The molecule has 1 aromatic carbocycles. The number of benzene rings is 1. The van der Waals surface area contributed by atoms with Crippen LogP contribution >= 0.6 is 0 Å². The summed E-state index contributed by atoms with van der Waals surface area (Å²) in [5.41, 5.74) is 2.23. The Labute approximate surface area is 175 Å². The minimum absolute atomic E-state index is 0.00554. The average molecular weight is 430 g/mol. The highest BCUT2D eigenvalue weighted by atomic mass is 32.2. The van der Waals surface area contributed by atoms with Gasteiger partial charge in [0.25, 0.3) is 0 Å². The van der Waals surface area contributed by atoms with Gasteiger partial charge in [-0.3, -0.25) is 0 Å². The molecule has 4 rings (SSSR count). The van der Waals surface area contributed by atoms with Crippen LogP contribution in [-0.2, 0) is 21.3 Å². The van der Waals surface area contributed by atoms with Crippen LogP contribution in [0.3, 0.4) is 0 Å². The molecule has 1 aliphatic heterocycles. The molecule has 2 aromatic heterocycles. The number of nitrogens with one attached hydrogen (secondary N) is 1. The second-order valence-corrected chi connectivity index (χ2v) is 8.75. The largest absolute Gasteiger partial charge is 0.449 e. The Hall–Kier alpha value is -2.82. The van der Waals surface area contributed by atoms with Crippen molar-refractivity contribution in [1.29, 1.82) is 0 Å². The summed E-state index contributed by atoms with van der Waals surface area (Å²) >= 11 is 0. The number of morpholine rings is 1. The molecule has 0 unspecified atom stereocenters. The van der Waals surface area contributed by atoms with E-state index in [2.05, 4.69) is 24.6 Å². The summed E-state index contributed by atoms with van der Waals surface area (Å²) in [5.74, 6) is 1.76. The Kier molecular flexibility index (Phi) is 5.80. The maximum atomic E-state index is 12.7. The summed E-state index contributed by atoms with van der Waals surface area (Å²) in [6.45, 7) is 6.42. The van der Waals surface area contributed by atoms with E-state index >= 15 is 0 Å². The van der Waals surface area contributed by atoms with Crippen molar-refractivity contribution in [3.63, 3.8) is 0 Å². The van der Waals surface area contributed by atoms with Crippen LogP contribution in [-0.4, -0.2) is 49.7 Å². The first-order valence-corrected chi connectivity index (χ1v) is 11.1. The molecule has 0 atom stereocenters. The van der Waals surface area contributed by atoms with Gasteiger partial charge in [0, 0.05) is 37.3 Å². The molecular weight excluding hydrogens is 406 g/mol. The van der Waals surface area contributed by atoms with E-state index in [0.29, 0.717) is 30.6 Å². The topological polar surface area (TPSA) is 110 Å². The Morgan fingerprint density at radius 1 is 1.07 bits per heavy atom. The second kappa shape index (κ2) is 8.50. The zero-order chi connectivity index (χ0) is 21.1. The number of aryl methyl sites for hydroxylation is 2. The van der Waals surface area contributed by atoms with E-state index in [1.54, 1.807) is 19.1 Å². The lowest BCUT2D eigenvalue weighted by Gasteiger charge is -2.28. The Bertz CT molecular complexity index is 1120. The first-order chi connectivity index (χ1) is 14.4. The molecule has 0 bridgehead atoms. The Balaban J connectivity index is 1.47. The lowest BCUT2D eigenvalue weighted by molar-refractivity contribution is 0.122. The lowest BCUT2D eigenvalue weighted by atomic mass is 10.2. The van der Waals surface area contributed by atoms with Gasteiger partial charge in [-0.15, -0.1) is 0 Å². The highest BCUT2D eigenvalue weighted by Gasteiger charge is 2.17. The third kappa shape index (κ3) is 4.66.